The zero-order valence-electron chi connectivity index (χ0n) is 12.9. The van der Waals surface area contributed by atoms with Crippen LogP contribution in [0, 0.1) is 10.1 Å². The van der Waals surface area contributed by atoms with Crippen molar-refractivity contribution in [2.75, 3.05) is 6.54 Å². The average Bonchev–Trinajstić information content (AvgIpc) is 2.58. The third-order valence-electron chi connectivity index (χ3n) is 3.25. The van der Waals surface area contributed by atoms with E-state index in [1.165, 1.54) is 18.2 Å². The van der Waals surface area contributed by atoms with Gasteiger partial charge in [0.2, 0.25) is 5.91 Å². The van der Waals surface area contributed by atoms with Gasteiger partial charge in [0.25, 0.3) is 11.6 Å². The Labute approximate surface area is 151 Å². The van der Waals surface area contributed by atoms with Gasteiger partial charge in [-0.1, -0.05) is 22.0 Å². The van der Waals surface area contributed by atoms with Crippen LogP contribution in [-0.2, 0) is 11.3 Å². The van der Waals surface area contributed by atoms with Gasteiger partial charge in [-0.15, -0.1) is 0 Å². The molecule has 0 aliphatic carbocycles. The summed E-state index contributed by atoms with van der Waals surface area (Å²) >= 11 is 3.25. The topological polar surface area (TPSA) is 122 Å². The Kier molecular flexibility index (Phi) is 6.07. The number of rotatable bonds is 6. The molecule has 0 heterocycles. The van der Waals surface area contributed by atoms with E-state index in [4.69, 9.17) is 0 Å². The summed E-state index contributed by atoms with van der Waals surface area (Å²) < 4.78 is 0.741. The van der Waals surface area contributed by atoms with Gasteiger partial charge < -0.3 is 15.7 Å². The Morgan fingerprint density at radius 2 is 1.92 bits per heavy atom. The van der Waals surface area contributed by atoms with Crippen LogP contribution in [-0.4, -0.2) is 28.4 Å². The second-order valence-corrected chi connectivity index (χ2v) is 5.96. The SMILES string of the molecule is O=C(CNC(=O)c1cccc(Br)c1)NCc1cc([N+](=O)[O-])ccc1O. The molecule has 2 rings (SSSR count). The number of hydrogen-bond acceptors (Lipinski definition) is 5. The molecule has 0 saturated heterocycles. The number of phenols is 1. The molecular formula is C16H14BrN3O5. The van der Waals surface area contributed by atoms with Crippen LogP contribution in [0.15, 0.2) is 46.9 Å². The van der Waals surface area contributed by atoms with Crippen LogP contribution >= 0.6 is 15.9 Å². The standard InChI is InChI=1S/C16H14BrN3O5/c17-12-3-1-2-10(6-12)16(23)19-9-15(22)18-8-11-7-13(20(24)25)4-5-14(11)21/h1-7,21H,8-9H2,(H,18,22)(H,19,23). The number of nitrogens with zero attached hydrogens (tertiary/aromatic N) is 1. The summed E-state index contributed by atoms with van der Waals surface area (Å²) in [5.41, 5.74) is 0.421. The number of amides is 2. The summed E-state index contributed by atoms with van der Waals surface area (Å²) in [6, 6.07) is 10.2. The summed E-state index contributed by atoms with van der Waals surface area (Å²) in [6.07, 6.45) is 0. The molecular weight excluding hydrogens is 394 g/mol. The molecule has 0 unspecified atom stereocenters. The van der Waals surface area contributed by atoms with Gasteiger partial charge in [-0.05, 0) is 24.3 Å². The first-order valence-electron chi connectivity index (χ1n) is 7.13. The van der Waals surface area contributed by atoms with Crippen LogP contribution in [0.1, 0.15) is 15.9 Å². The molecule has 0 atom stereocenters. The molecule has 0 fully saturated rings. The van der Waals surface area contributed by atoms with Crippen LogP contribution in [0.3, 0.4) is 0 Å². The van der Waals surface area contributed by atoms with Crippen molar-refractivity contribution in [3.8, 4) is 5.75 Å². The van der Waals surface area contributed by atoms with E-state index in [-0.39, 0.29) is 30.1 Å². The minimum Gasteiger partial charge on any atom is -0.508 e. The predicted molar refractivity (Wildman–Crippen MR) is 93.1 cm³/mol. The number of nitro benzene ring substituents is 1. The van der Waals surface area contributed by atoms with Crippen molar-refractivity contribution >= 4 is 33.4 Å². The highest BCUT2D eigenvalue weighted by Crippen LogP contribution is 2.22. The third-order valence-corrected chi connectivity index (χ3v) is 3.74. The molecule has 0 aliphatic heterocycles. The minimum absolute atomic E-state index is 0.0981. The maximum absolute atomic E-state index is 11.9. The molecule has 8 nitrogen and oxygen atoms in total. The van der Waals surface area contributed by atoms with E-state index in [1.54, 1.807) is 24.3 Å². The number of benzene rings is 2. The summed E-state index contributed by atoms with van der Waals surface area (Å²) in [5, 5.41) is 25.3. The van der Waals surface area contributed by atoms with Gasteiger partial charge in [-0.3, -0.25) is 19.7 Å². The molecule has 2 aromatic rings. The van der Waals surface area contributed by atoms with Crippen LogP contribution in [0.25, 0.3) is 0 Å². The summed E-state index contributed by atoms with van der Waals surface area (Å²) in [4.78, 5) is 33.9. The maximum atomic E-state index is 11.9. The molecule has 0 spiro atoms. The van der Waals surface area contributed by atoms with E-state index >= 15 is 0 Å². The van der Waals surface area contributed by atoms with E-state index in [0.29, 0.717) is 5.56 Å². The highest BCUT2D eigenvalue weighted by atomic mass is 79.9. The van der Waals surface area contributed by atoms with E-state index in [2.05, 4.69) is 26.6 Å². The summed E-state index contributed by atoms with van der Waals surface area (Å²) in [5.74, 6) is -1.06. The molecule has 0 aromatic heterocycles. The quantitative estimate of drug-likeness (QED) is 0.499. The van der Waals surface area contributed by atoms with E-state index < -0.39 is 16.7 Å². The fourth-order valence-electron chi connectivity index (χ4n) is 1.98. The fraction of sp³-hybridized carbons (Fsp3) is 0.125. The molecule has 0 aliphatic rings. The molecule has 0 bridgehead atoms. The lowest BCUT2D eigenvalue weighted by molar-refractivity contribution is -0.384. The van der Waals surface area contributed by atoms with Crippen LogP contribution in [0.5, 0.6) is 5.75 Å². The van der Waals surface area contributed by atoms with Crippen molar-refractivity contribution in [2.45, 2.75) is 6.54 Å². The van der Waals surface area contributed by atoms with Crippen molar-refractivity contribution < 1.29 is 19.6 Å². The highest BCUT2D eigenvalue weighted by Gasteiger charge is 2.12. The normalized spacial score (nSPS) is 10.1. The van der Waals surface area contributed by atoms with Crippen molar-refractivity contribution in [2.24, 2.45) is 0 Å². The minimum atomic E-state index is -0.594. The zero-order valence-corrected chi connectivity index (χ0v) is 14.4. The number of hydrogen-bond donors (Lipinski definition) is 3. The fourth-order valence-corrected chi connectivity index (χ4v) is 2.37. The Morgan fingerprint density at radius 3 is 2.60 bits per heavy atom. The first kappa shape index (κ1) is 18.4. The van der Waals surface area contributed by atoms with Gasteiger partial charge in [0.15, 0.2) is 0 Å². The first-order valence-corrected chi connectivity index (χ1v) is 7.93. The van der Waals surface area contributed by atoms with Gasteiger partial charge in [0, 0.05) is 34.3 Å². The van der Waals surface area contributed by atoms with Gasteiger partial charge in [0.05, 0.1) is 11.5 Å². The number of halogens is 1. The Balaban J connectivity index is 1.88. The van der Waals surface area contributed by atoms with Crippen molar-refractivity contribution in [3.63, 3.8) is 0 Å². The number of phenolic OH excluding ortho intramolecular Hbond substituents is 1. The Hall–Kier alpha value is -2.94. The van der Waals surface area contributed by atoms with Gasteiger partial charge >= 0.3 is 0 Å². The largest absolute Gasteiger partial charge is 0.508 e. The highest BCUT2D eigenvalue weighted by molar-refractivity contribution is 9.10. The second kappa shape index (κ2) is 8.25. The van der Waals surface area contributed by atoms with Crippen molar-refractivity contribution in [1.29, 1.82) is 0 Å². The number of carbonyl (C=O) groups is 2. The summed E-state index contributed by atoms with van der Waals surface area (Å²) in [7, 11) is 0. The lowest BCUT2D eigenvalue weighted by Crippen LogP contribution is -2.36. The number of nitrogens with one attached hydrogen (secondary N) is 2. The van der Waals surface area contributed by atoms with Crippen molar-refractivity contribution in [3.05, 3.63) is 68.2 Å². The smallest absolute Gasteiger partial charge is 0.270 e. The van der Waals surface area contributed by atoms with E-state index in [1.807, 2.05) is 0 Å². The molecule has 130 valence electrons. The number of carbonyl (C=O) groups excluding carboxylic acids is 2. The second-order valence-electron chi connectivity index (χ2n) is 5.04. The lowest BCUT2D eigenvalue weighted by atomic mass is 10.1. The maximum Gasteiger partial charge on any atom is 0.270 e. The van der Waals surface area contributed by atoms with E-state index in [9.17, 15) is 24.8 Å². The third kappa shape index (κ3) is 5.28. The molecule has 0 saturated carbocycles. The molecule has 2 amide bonds. The predicted octanol–water partition coefficient (Wildman–Crippen LogP) is 2.11. The number of non-ortho nitro benzene ring substituents is 1. The lowest BCUT2D eigenvalue weighted by Gasteiger charge is -2.08. The first-order chi connectivity index (χ1) is 11.9. The zero-order chi connectivity index (χ0) is 18.4. The average molecular weight is 408 g/mol. The van der Waals surface area contributed by atoms with Gasteiger partial charge in [-0.25, -0.2) is 0 Å². The van der Waals surface area contributed by atoms with Crippen LogP contribution in [0.4, 0.5) is 5.69 Å². The van der Waals surface area contributed by atoms with Crippen molar-refractivity contribution in [1.82, 2.24) is 10.6 Å². The summed E-state index contributed by atoms with van der Waals surface area (Å²) in [6.45, 7) is -0.361. The molecule has 2 aromatic carbocycles. The Morgan fingerprint density at radius 1 is 1.16 bits per heavy atom. The molecule has 9 heteroatoms. The number of aromatic hydroxyl groups is 1. The number of nitro groups is 1. The van der Waals surface area contributed by atoms with E-state index in [0.717, 1.165) is 4.47 Å². The van der Waals surface area contributed by atoms with Gasteiger partial charge in [0.1, 0.15) is 5.75 Å². The molecule has 0 radical (unpaired) electrons. The van der Waals surface area contributed by atoms with Crippen LogP contribution < -0.4 is 10.6 Å². The van der Waals surface area contributed by atoms with Gasteiger partial charge in [-0.2, -0.15) is 0 Å². The van der Waals surface area contributed by atoms with Crippen LogP contribution in [0.2, 0.25) is 0 Å². The Bertz CT molecular complexity index is 825. The monoisotopic (exact) mass is 407 g/mol. The molecule has 3 N–H and O–H groups in total. The molecule has 25 heavy (non-hydrogen) atoms.